The largest absolute Gasteiger partial charge is 0.504 e. The fourth-order valence-electron chi connectivity index (χ4n) is 1.15. The predicted octanol–water partition coefficient (Wildman–Crippen LogP) is 0.947. The lowest BCUT2D eigenvalue weighted by Crippen LogP contribution is -2.35. The Bertz CT molecular complexity index is 379. The van der Waals surface area contributed by atoms with Crippen molar-refractivity contribution in [3.05, 3.63) is 18.2 Å². The highest BCUT2D eigenvalue weighted by Crippen LogP contribution is 2.28. The number of likely N-dealkylation sites (N-methyl/N-ethyl adjacent to an activating group) is 1. The van der Waals surface area contributed by atoms with Crippen LogP contribution in [-0.4, -0.2) is 31.2 Å². The molecular formula is C11H16N2O3. The minimum absolute atomic E-state index is 0.00240. The summed E-state index contributed by atoms with van der Waals surface area (Å²) in [6.45, 7) is 1.75. The first kappa shape index (κ1) is 12.3. The maximum Gasteiger partial charge on any atom is 0.241 e. The zero-order valence-electron chi connectivity index (χ0n) is 9.57. The Kier molecular flexibility index (Phi) is 4.13. The molecule has 1 unspecified atom stereocenters. The van der Waals surface area contributed by atoms with Gasteiger partial charge in [0.15, 0.2) is 11.5 Å². The molecule has 0 saturated carbocycles. The van der Waals surface area contributed by atoms with Crippen molar-refractivity contribution in [2.45, 2.75) is 13.0 Å². The van der Waals surface area contributed by atoms with Crippen LogP contribution in [0.5, 0.6) is 11.5 Å². The van der Waals surface area contributed by atoms with E-state index in [1.54, 1.807) is 26.1 Å². The molecule has 1 rings (SSSR count). The molecule has 0 heterocycles. The van der Waals surface area contributed by atoms with E-state index in [4.69, 9.17) is 4.74 Å². The van der Waals surface area contributed by atoms with Crippen LogP contribution < -0.4 is 15.4 Å². The molecule has 0 fully saturated rings. The highest BCUT2D eigenvalue weighted by atomic mass is 16.5. The first-order valence-corrected chi connectivity index (χ1v) is 4.93. The third-order valence-corrected chi connectivity index (χ3v) is 2.27. The molecule has 0 spiro atoms. The Labute approximate surface area is 94.4 Å². The molecule has 0 aliphatic carbocycles. The standard InChI is InChI=1S/C11H16N2O3/c1-7(12-2)11(15)13-8-4-5-10(16-3)9(14)6-8/h4-7,12,14H,1-3H3,(H,13,15). The maximum atomic E-state index is 11.5. The molecule has 88 valence electrons. The number of ether oxygens (including phenoxy) is 1. The van der Waals surface area contributed by atoms with Gasteiger partial charge in [-0.25, -0.2) is 0 Å². The number of hydrogen-bond acceptors (Lipinski definition) is 4. The summed E-state index contributed by atoms with van der Waals surface area (Å²) in [4.78, 5) is 11.5. The van der Waals surface area contributed by atoms with E-state index in [1.807, 2.05) is 0 Å². The van der Waals surface area contributed by atoms with Gasteiger partial charge < -0.3 is 20.5 Å². The highest BCUT2D eigenvalue weighted by molar-refractivity contribution is 5.94. The minimum atomic E-state index is -0.288. The van der Waals surface area contributed by atoms with Gasteiger partial charge in [0.25, 0.3) is 0 Å². The quantitative estimate of drug-likeness (QED) is 0.712. The average Bonchev–Trinajstić information content (AvgIpc) is 2.28. The van der Waals surface area contributed by atoms with Gasteiger partial charge >= 0.3 is 0 Å². The first-order chi connectivity index (χ1) is 7.58. The number of phenols is 1. The van der Waals surface area contributed by atoms with Crippen molar-refractivity contribution in [3.8, 4) is 11.5 Å². The molecule has 0 bridgehead atoms. The van der Waals surface area contributed by atoms with Crippen molar-refractivity contribution in [2.24, 2.45) is 0 Å². The summed E-state index contributed by atoms with van der Waals surface area (Å²) >= 11 is 0. The van der Waals surface area contributed by atoms with Crippen molar-refractivity contribution in [2.75, 3.05) is 19.5 Å². The smallest absolute Gasteiger partial charge is 0.241 e. The Morgan fingerprint density at radius 3 is 2.69 bits per heavy atom. The van der Waals surface area contributed by atoms with Gasteiger partial charge in [-0.15, -0.1) is 0 Å². The Balaban J connectivity index is 2.75. The fourth-order valence-corrected chi connectivity index (χ4v) is 1.15. The van der Waals surface area contributed by atoms with Crippen LogP contribution >= 0.6 is 0 Å². The first-order valence-electron chi connectivity index (χ1n) is 4.93. The molecule has 1 aromatic rings. The molecule has 0 radical (unpaired) electrons. The zero-order chi connectivity index (χ0) is 12.1. The summed E-state index contributed by atoms with van der Waals surface area (Å²) in [7, 11) is 3.17. The summed E-state index contributed by atoms with van der Waals surface area (Å²) in [5, 5.41) is 15.0. The highest BCUT2D eigenvalue weighted by Gasteiger charge is 2.11. The van der Waals surface area contributed by atoms with E-state index in [0.717, 1.165) is 0 Å². The van der Waals surface area contributed by atoms with Gasteiger partial charge in [-0.2, -0.15) is 0 Å². The van der Waals surface area contributed by atoms with Crippen LogP contribution in [0.3, 0.4) is 0 Å². The summed E-state index contributed by atoms with van der Waals surface area (Å²) in [5.74, 6) is 0.212. The molecular weight excluding hydrogens is 208 g/mol. The fraction of sp³-hybridized carbons (Fsp3) is 0.364. The van der Waals surface area contributed by atoms with Crippen LogP contribution in [0, 0.1) is 0 Å². The third-order valence-electron chi connectivity index (χ3n) is 2.27. The number of anilines is 1. The monoisotopic (exact) mass is 224 g/mol. The number of carbonyl (C=O) groups excluding carboxylic acids is 1. The van der Waals surface area contributed by atoms with Gasteiger partial charge in [-0.3, -0.25) is 4.79 Å². The second-order valence-corrected chi connectivity index (χ2v) is 3.39. The Morgan fingerprint density at radius 1 is 1.50 bits per heavy atom. The van der Waals surface area contributed by atoms with Crippen molar-refractivity contribution in [1.29, 1.82) is 0 Å². The number of carbonyl (C=O) groups is 1. The van der Waals surface area contributed by atoms with Gasteiger partial charge in [-0.05, 0) is 26.1 Å². The van der Waals surface area contributed by atoms with Gasteiger partial charge in [0, 0.05) is 11.8 Å². The maximum absolute atomic E-state index is 11.5. The zero-order valence-corrected chi connectivity index (χ0v) is 9.57. The SMILES string of the molecule is CNC(C)C(=O)Nc1ccc(OC)c(O)c1. The molecule has 1 amide bonds. The van der Waals surface area contributed by atoms with E-state index in [1.165, 1.54) is 13.2 Å². The van der Waals surface area contributed by atoms with Crippen LogP contribution in [0.4, 0.5) is 5.69 Å². The van der Waals surface area contributed by atoms with Crippen LogP contribution in [0.25, 0.3) is 0 Å². The van der Waals surface area contributed by atoms with Crippen molar-refractivity contribution in [1.82, 2.24) is 5.32 Å². The molecule has 1 atom stereocenters. The molecule has 0 aliphatic heterocycles. The van der Waals surface area contributed by atoms with Crippen molar-refractivity contribution >= 4 is 11.6 Å². The number of benzene rings is 1. The molecule has 5 heteroatoms. The van der Waals surface area contributed by atoms with Gasteiger partial charge in [0.2, 0.25) is 5.91 Å². The lowest BCUT2D eigenvalue weighted by Gasteiger charge is -2.12. The molecule has 3 N–H and O–H groups in total. The number of aromatic hydroxyl groups is 1. The van der Waals surface area contributed by atoms with E-state index >= 15 is 0 Å². The second kappa shape index (κ2) is 5.37. The van der Waals surface area contributed by atoms with E-state index in [2.05, 4.69) is 10.6 Å². The van der Waals surface area contributed by atoms with Gasteiger partial charge in [-0.1, -0.05) is 0 Å². The average molecular weight is 224 g/mol. The van der Waals surface area contributed by atoms with E-state index < -0.39 is 0 Å². The minimum Gasteiger partial charge on any atom is -0.504 e. The Hall–Kier alpha value is -1.75. The third kappa shape index (κ3) is 2.87. The summed E-state index contributed by atoms with van der Waals surface area (Å²) in [5.41, 5.74) is 0.533. The lowest BCUT2D eigenvalue weighted by atomic mass is 10.2. The van der Waals surface area contributed by atoms with E-state index in [9.17, 15) is 9.90 Å². The van der Waals surface area contributed by atoms with Crippen LogP contribution in [0.15, 0.2) is 18.2 Å². The number of nitrogens with one attached hydrogen (secondary N) is 2. The normalized spacial score (nSPS) is 11.9. The lowest BCUT2D eigenvalue weighted by molar-refractivity contribution is -0.117. The molecule has 16 heavy (non-hydrogen) atoms. The number of methoxy groups -OCH3 is 1. The summed E-state index contributed by atoms with van der Waals surface area (Å²) < 4.78 is 4.90. The van der Waals surface area contributed by atoms with Gasteiger partial charge in [0.1, 0.15) is 0 Å². The van der Waals surface area contributed by atoms with Crippen molar-refractivity contribution in [3.63, 3.8) is 0 Å². The van der Waals surface area contributed by atoms with E-state index in [0.29, 0.717) is 11.4 Å². The van der Waals surface area contributed by atoms with Crippen LogP contribution in [-0.2, 0) is 4.79 Å². The number of rotatable bonds is 4. The second-order valence-electron chi connectivity index (χ2n) is 3.39. The predicted molar refractivity (Wildman–Crippen MR) is 61.8 cm³/mol. The van der Waals surface area contributed by atoms with E-state index in [-0.39, 0.29) is 17.7 Å². The topological polar surface area (TPSA) is 70.6 Å². The number of hydrogen-bond donors (Lipinski definition) is 3. The van der Waals surface area contributed by atoms with Crippen LogP contribution in [0.2, 0.25) is 0 Å². The number of amides is 1. The number of phenolic OH excluding ortho intramolecular Hbond substituents is 1. The summed E-state index contributed by atoms with van der Waals surface area (Å²) in [6.07, 6.45) is 0. The molecule has 5 nitrogen and oxygen atoms in total. The van der Waals surface area contributed by atoms with Gasteiger partial charge in [0.05, 0.1) is 13.2 Å². The molecule has 0 aromatic heterocycles. The molecule has 1 aromatic carbocycles. The van der Waals surface area contributed by atoms with Crippen molar-refractivity contribution < 1.29 is 14.6 Å². The molecule has 0 saturated heterocycles. The Morgan fingerprint density at radius 2 is 2.19 bits per heavy atom. The summed E-state index contributed by atoms with van der Waals surface area (Å²) in [6, 6.07) is 4.41. The van der Waals surface area contributed by atoms with Crippen LogP contribution in [0.1, 0.15) is 6.92 Å². The molecule has 0 aliphatic rings.